The Kier molecular flexibility index (Phi) is 3.14. The van der Waals surface area contributed by atoms with Gasteiger partial charge in [0.05, 0.1) is 5.69 Å². The molecule has 3 atom stereocenters. The second-order valence-corrected chi connectivity index (χ2v) is 5.69. The van der Waals surface area contributed by atoms with E-state index in [2.05, 4.69) is 16.5 Å². The van der Waals surface area contributed by atoms with Gasteiger partial charge in [0.1, 0.15) is 0 Å². The normalized spacial score (nSPS) is 31.2. The van der Waals surface area contributed by atoms with Crippen molar-refractivity contribution < 1.29 is 5.11 Å². The second-order valence-electron chi connectivity index (χ2n) is 5.69. The molecule has 0 radical (unpaired) electrons. The zero-order valence-corrected chi connectivity index (χ0v) is 10.3. The quantitative estimate of drug-likeness (QED) is 0.844. The first-order valence-corrected chi connectivity index (χ1v) is 6.85. The Bertz CT molecular complexity index is 376. The fourth-order valence-corrected chi connectivity index (χ4v) is 3.64. The highest BCUT2D eigenvalue weighted by molar-refractivity contribution is 4.94. The van der Waals surface area contributed by atoms with Gasteiger partial charge in [0.15, 0.2) is 0 Å². The molecule has 17 heavy (non-hydrogen) atoms. The molecule has 0 spiro atoms. The molecule has 0 aliphatic heterocycles. The van der Waals surface area contributed by atoms with Crippen LogP contribution >= 0.6 is 0 Å². The Morgan fingerprint density at radius 2 is 2.29 bits per heavy atom. The second kappa shape index (κ2) is 4.77. The lowest BCUT2D eigenvalue weighted by molar-refractivity contribution is 0.283. The summed E-state index contributed by atoms with van der Waals surface area (Å²) in [4.78, 5) is 0. The van der Waals surface area contributed by atoms with Crippen molar-refractivity contribution in [3.8, 4) is 0 Å². The third-order valence-electron chi connectivity index (χ3n) is 4.48. The largest absolute Gasteiger partial charge is 0.396 e. The minimum Gasteiger partial charge on any atom is -0.396 e. The van der Waals surface area contributed by atoms with Crippen LogP contribution < -0.4 is 0 Å². The molecule has 1 aromatic rings. The fourth-order valence-electron chi connectivity index (χ4n) is 3.64. The van der Waals surface area contributed by atoms with Crippen molar-refractivity contribution in [3.63, 3.8) is 0 Å². The van der Waals surface area contributed by atoms with Crippen molar-refractivity contribution in [2.24, 2.45) is 17.8 Å². The SMILES string of the molecule is OCCCc1cn(CC2CC3CCC2C3)nn1. The molecule has 0 amide bonds. The average molecular weight is 235 g/mol. The predicted molar refractivity (Wildman–Crippen MR) is 64.4 cm³/mol. The Morgan fingerprint density at radius 3 is 3.00 bits per heavy atom. The zero-order valence-electron chi connectivity index (χ0n) is 10.3. The van der Waals surface area contributed by atoms with E-state index in [1.54, 1.807) is 0 Å². The Balaban J connectivity index is 1.56. The summed E-state index contributed by atoms with van der Waals surface area (Å²) < 4.78 is 2.01. The van der Waals surface area contributed by atoms with Gasteiger partial charge in [0.25, 0.3) is 0 Å². The van der Waals surface area contributed by atoms with E-state index in [9.17, 15) is 0 Å². The number of aliphatic hydroxyl groups is 1. The highest BCUT2D eigenvalue weighted by Crippen LogP contribution is 2.48. The molecule has 1 aromatic heterocycles. The van der Waals surface area contributed by atoms with Crippen LogP contribution in [0.15, 0.2) is 6.20 Å². The van der Waals surface area contributed by atoms with E-state index >= 15 is 0 Å². The van der Waals surface area contributed by atoms with E-state index in [0.717, 1.165) is 42.8 Å². The number of fused-ring (bicyclic) bond motifs is 2. The highest BCUT2D eigenvalue weighted by Gasteiger charge is 2.39. The van der Waals surface area contributed by atoms with E-state index in [1.807, 2.05) is 4.68 Å². The minimum atomic E-state index is 0.235. The van der Waals surface area contributed by atoms with Crippen LogP contribution in [0.5, 0.6) is 0 Å². The number of rotatable bonds is 5. The van der Waals surface area contributed by atoms with Crippen LogP contribution in [0.4, 0.5) is 0 Å². The van der Waals surface area contributed by atoms with Crippen LogP contribution in [0.25, 0.3) is 0 Å². The van der Waals surface area contributed by atoms with Gasteiger partial charge in [0.2, 0.25) is 0 Å². The number of hydrogen-bond acceptors (Lipinski definition) is 3. The van der Waals surface area contributed by atoms with Crippen molar-refractivity contribution in [1.29, 1.82) is 0 Å². The summed E-state index contributed by atoms with van der Waals surface area (Å²) >= 11 is 0. The maximum atomic E-state index is 8.78. The van der Waals surface area contributed by atoms with Gasteiger partial charge in [-0.25, -0.2) is 0 Å². The summed E-state index contributed by atoms with van der Waals surface area (Å²) in [5, 5.41) is 17.1. The van der Waals surface area contributed by atoms with E-state index in [1.165, 1.54) is 25.7 Å². The van der Waals surface area contributed by atoms with Gasteiger partial charge in [-0.2, -0.15) is 0 Å². The van der Waals surface area contributed by atoms with E-state index in [-0.39, 0.29) is 6.61 Å². The van der Waals surface area contributed by atoms with Gasteiger partial charge in [-0.1, -0.05) is 11.6 Å². The molecule has 2 fully saturated rings. The number of hydrogen-bond donors (Lipinski definition) is 1. The Morgan fingerprint density at radius 1 is 1.35 bits per heavy atom. The molecule has 3 rings (SSSR count). The number of aryl methyl sites for hydroxylation is 1. The molecular weight excluding hydrogens is 214 g/mol. The van der Waals surface area contributed by atoms with Crippen LogP contribution in [-0.2, 0) is 13.0 Å². The first kappa shape index (κ1) is 11.2. The van der Waals surface area contributed by atoms with Gasteiger partial charge in [-0.05, 0) is 49.9 Å². The van der Waals surface area contributed by atoms with E-state index in [4.69, 9.17) is 5.11 Å². The maximum Gasteiger partial charge on any atom is 0.0828 e. The van der Waals surface area contributed by atoms with Crippen molar-refractivity contribution in [2.75, 3.05) is 6.61 Å². The lowest BCUT2D eigenvalue weighted by Gasteiger charge is -2.20. The predicted octanol–water partition coefficient (Wildman–Crippen LogP) is 1.64. The van der Waals surface area contributed by atoms with Crippen LogP contribution in [0.3, 0.4) is 0 Å². The topological polar surface area (TPSA) is 50.9 Å². The van der Waals surface area contributed by atoms with Crippen LogP contribution in [-0.4, -0.2) is 26.7 Å². The van der Waals surface area contributed by atoms with E-state index < -0.39 is 0 Å². The lowest BCUT2D eigenvalue weighted by Crippen LogP contribution is -2.17. The fraction of sp³-hybridized carbons (Fsp3) is 0.846. The molecule has 0 aromatic carbocycles. The van der Waals surface area contributed by atoms with Gasteiger partial charge in [-0.15, -0.1) is 5.10 Å². The Labute approximate surface area is 102 Å². The molecule has 3 unspecified atom stereocenters. The highest BCUT2D eigenvalue weighted by atomic mass is 16.2. The number of aliphatic hydroxyl groups excluding tert-OH is 1. The minimum absolute atomic E-state index is 0.235. The summed E-state index contributed by atoms with van der Waals surface area (Å²) in [6.07, 6.45) is 9.43. The van der Waals surface area contributed by atoms with Gasteiger partial charge >= 0.3 is 0 Å². The molecule has 2 bridgehead atoms. The molecule has 1 heterocycles. The maximum absolute atomic E-state index is 8.78. The third kappa shape index (κ3) is 2.37. The zero-order chi connectivity index (χ0) is 11.7. The third-order valence-corrected chi connectivity index (χ3v) is 4.48. The summed E-state index contributed by atoms with van der Waals surface area (Å²) in [6, 6.07) is 0. The summed E-state index contributed by atoms with van der Waals surface area (Å²) in [5.41, 5.74) is 1.02. The molecule has 4 heteroatoms. The monoisotopic (exact) mass is 235 g/mol. The standard InChI is InChI=1S/C13H21N3O/c17-5-1-2-13-9-16(15-14-13)8-12-7-10-3-4-11(12)6-10/h9-12,17H,1-8H2. The summed E-state index contributed by atoms with van der Waals surface area (Å²) in [7, 11) is 0. The van der Waals surface area contributed by atoms with E-state index in [0.29, 0.717) is 0 Å². The molecular formula is C13H21N3O. The summed E-state index contributed by atoms with van der Waals surface area (Å²) in [6.45, 7) is 1.28. The van der Waals surface area contributed by atoms with Gasteiger partial charge in [0, 0.05) is 19.3 Å². The number of nitrogens with zero attached hydrogens (tertiary/aromatic N) is 3. The first-order chi connectivity index (χ1) is 8.35. The molecule has 94 valence electrons. The molecule has 0 saturated heterocycles. The van der Waals surface area contributed by atoms with Crippen molar-refractivity contribution in [3.05, 3.63) is 11.9 Å². The summed E-state index contributed by atoms with van der Waals surface area (Å²) in [5.74, 6) is 2.79. The van der Waals surface area contributed by atoms with Crippen molar-refractivity contribution in [1.82, 2.24) is 15.0 Å². The molecule has 2 saturated carbocycles. The van der Waals surface area contributed by atoms with Crippen molar-refractivity contribution >= 4 is 0 Å². The average Bonchev–Trinajstić information content (AvgIpc) is 3.02. The first-order valence-electron chi connectivity index (χ1n) is 6.85. The smallest absolute Gasteiger partial charge is 0.0828 e. The van der Waals surface area contributed by atoms with Crippen molar-refractivity contribution in [2.45, 2.75) is 45.1 Å². The molecule has 2 aliphatic rings. The van der Waals surface area contributed by atoms with Gasteiger partial charge < -0.3 is 5.11 Å². The van der Waals surface area contributed by atoms with Crippen LogP contribution in [0.2, 0.25) is 0 Å². The molecule has 4 nitrogen and oxygen atoms in total. The number of aromatic nitrogens is 3. The van der Waals surface area contributed by atoms with Crippen LogP contribution in [0, 0.1) is 17.8 Å². The van der Waals surface area contributed by atoms with Crippen LogP contribution in [0.1, 0.15) is 37.8 Å². The van der Waals surface area contributed by atoms with Gasteiger partial charge in [-0.3, -0.25) is 4.68 Å². The Hall–Kier alpha value is -0.900. The molecule has 1 N–H and O–H groups in total. The lowest BCUT2D eigenvalue weighted by atomic mass is 9.89. The molecule has 2 aliphatic carbocycles.